The number of hydrogen-bond acceptors (Lipinski definition) is 4. The van der Waals surface area contributed by atoms with Crippen LogP contribution in [0.2, 0.25) is 0 Å². The third kappa shape index (κ3) is 7.26. The van der Waals surface area contributed by atoms with E-state index in [1.165, 1.54) is 5.56 Å². The molecule has 1 aromatic heterocycles. The van der Waals surface area contributed by atoms with Gasteiger partial charge in [0.25, 0.3) is 0 Å². The van der Waals surface area contributed by atoms with Gasteiger partial charge in [-0.25, -0.2) is 14.7 Å². The zero-order valence-corrected chi connectivity index (χ0v) is 16.4. The van der Waals surface area contributed by atoms with E-state index in [2.05, 4.69) is 43.9 Å². The molecule has 24 heavy (non-hydrogen) atoms. The Labute approximate surface area is 159 Å². The fraction of sp³-hybridized carbons (Fsp3) is 0.438. The van der Waals surface area contributed by atoms with Gasteiger partial charge in [-0.15, -0.1) is 24.0 Å². The maximum Gasteiger partial charge on any atom is 0.191 e. The number of hydrogen-bond donors (Lipinski definition) is 2. The van der Waals surface area contributed by atoms with Gasteiger partial charge in [-0.3, -0.25) is 0 Å². The van der Waals surface area contributed by atoms with Crippen LogP contribution in [-0.2, 0) is 17.8 Å². The largest absolute Gasteiger partial charge is 0.383 e. The molecule has 7 nitrogen and oxygen atoms in total. The zero-order chi connectivity index (χ0) is 16.3. The van der Waals surface area contributed by atoms with Gasteiger partial charge in [0.1, 0.15) is 12.7 Å². The second-order valence-corrected chi connectivity index (χ2v) is 5.03. The maximum absolute atomic E-state index is 5.04. The molecule has 0 atom stereocenters. The van der Waals surface area contributed by atoms with Crippen molar-refractivity contribution in [2.24, 2.45) is 4.99 Å². The summed E-state index contributed by atoms with van der Waals surface area (Å²) in [5, 5.41) is 10.6. The maximum atomic E-state index is 5.04. The number of benzene rings is 1. The van der Waals surface area contributed by atoms with Gasteiger partial charge in [0.2, 0.25) is 0 Å². The van der Waals surface area contributed by atoms with E-state index in [1.807, 2.05) is 13.0 Å². The summed E-state index contributed by atoms with van der Waals surface area (Å²) in [4.78, 5) is 8.56. The lowest BCUT2D eigenvalue weighted by molar-refractivity contribution is 0.203. The van der Waals surface area contributed by atoms with Crippen LogP contribution in [0, 0.1) is 0 Å². The second kappa shape index (κ2) is 11.8. The number of nitrogens with one attached hydrogen (secondary N) is 2. The number of aliphatic imine (C=N–C) groups is 1. The highest BCUT2D eigenvalue weighted by Crippen LogP contribution is 2.08. The molecule has 0 spiro atoms. The quantitative estimate of drug-likeness (QED) is 0.280. The van der Waals surface area contributed by atoms with Crippen molar-refractivity contribution >= 4 is 29.9 Å². The lowest BCUT2D eigenvalue weighted by Gasteiger charge is -2.11. The molecule has 0 aliphatic carbocycles. The predicted octanol–water partition coefficient (Wildman–Crippen LogP) is 1.65. The average Bonchev–Trinajstić information content (AvgIpc) is 3.06. The topological polar surface area (TPSA) is 76.4 Å². The third-order valence-electron chi connectivity index (χ3n) is 3.17. The Morgan fingerprint density at radius 3 is 2.83 bits per heavy atom. The first-order valence-corrected chi connectivity index (χ1v) is 7.73. The number of guanidine groups is 1. The van der Waals surface area contributed by atoms with Crippen LogP contribution < -0.4 is 10.6 Å². The molecular formula is C16H25IN6O. The molecule has 0 aliphatic heterocycles. The molecule has 2 N–H and O–H groups in total. The molecule has 0 radical (unpaired) electrons. The molecule has 0 aliphatic rings. The van der Waals surface area contributed by atoms with Gasteiger partial charge in [-0.1, -0.05) is 24.3 Å². The lowest BCUT2D eigenvalue weighted by atomic mass is 10.1. The third-order valence-corrected chi connectivity index (χ3v) is 3.17. The van der Waals surface area contributed by atoms with Crippen molar-refractivity contribution in [2.75, 3.05) is 26.8 Å². The van der Waals surface area contributed by atoms with Gasteiger partial charge in [0, 0.05) is 20.2 Å². The van der Waals surface area contributed by atoms with Crippen molar-refractivity contribution in [3.8, 4) is 0 Å². The molecule has 0 amide bonds. The van der Waals surface area contributed by atoms with Gasteiger partial charge < -0.3 is 15.4 Å². The molecule has 0 fully saturated rings. The number of nitrogens with zero attached hydrogens (tertiary/aromatic N) is 4. The molecule has 1 heterocycles. The standard InChI is InChI=1S/C16H24N6O.HI/c1-3-18-16(19-7-8-23-2)20-10-14-5-4-6-15(9-14)11-22-13-17-12-21-22;/h4-6,9,12-13H,3,7-8,10-11H2,1-2H3,(H2,18,19,20);1H. The molecule has 0 bridgehead atoms. The second-order valence-electron chi connectivity index (χ2n) is 5.03. The highest BCUT2D eigenvalue weighted by Gasteiger charge is 2.00. The van der Waals surface area contributed by atoms with Gasteiger partial charge in [-0.2, -0.15) is 5.10 Å². The number of ether oxygens (including phenoxy) is 1. The Hall–Kier alpha value is -1.68. The summed E-state index contributed by atoms with van der Waals surface area (Å²) in [5.74, 6) is 0.797. The Morgan fingerprint density at radius 2 is 2.12 bits per heavy atom. The molecule has 132 valence electrons. The Bertz CT molecular complexity index is 602. The van der Waals surface area contributed by atoms with Crippen LogP contribution in [0.25, 0.3) is 0 Å². The summed E-state index contributed by atoms with van der Waals surface area (Å²) in [6, 6.07) is 8.34. The molecular weight excluding hydrogens is 419 g/mol. The summed E-state index contributed by atoms with van der Waals surface area (Å²) in [6.45, 7) is 5.58. The fourth-order valence-electron chi connectivity index (χ4n) is 2.11. The van der Waals surface area contributed by atoms with E-state index in [1.54, 1.807) is 24.4 Å². The number of methoxy groups -OCH3 is 1. The van der Waals surface area contributed by atoms with E-state index >= 15 is 0 Å². The summed E-state index contributed by atoms with van der Waals surface area (Å²) >= 11 is 0. The fourth-order valence-corrected chi connectivity index (χ4v) is 2.11. The van der Waals surface area contributed by atoms with E-state index in [9.17, 15) is 0 Å². The minimum absolute atomic E-state index is 0. The summed E-state index contributed by atoms with van der Waals surface area (Å²) in [7, 11) is 1.69. The smallest absolute Gasteiger partial charge is 0.191 e. The monoisotopic (exact) mass is 444 g/mol. The van der Waals surface area contributed by atoms with Crippen LogP contribution in [-0.4, -0.2) is 47.5 Å². The van der Waals surface area contributed by atoms with Crippen LogP contribution >= 0.6 is 24.0 Å². The van der Waals surface area contributed by atoms with Crippen LogP contribution in [0.4, 0.5) is 0 Å². The van der Waals surface area contributed by atoms with Crippen LogP contribution in [0.5, 0.6) is 0 Å². The van der Waals surface area contributed by atoms with Crippen molar-refractivity contribution in [1.82, 2.24) is 25.4 Å². The van der Waals surface area contributed by atoms with Crippen molar-refractivity contribution < 1.29 is 4.74 Å². The highest BCUT2D eigenvalue weighted by atomic mass is 127. The first kappa shape index (κ1) is 20.4. The van der Waals surface area contributed by atoms with Gasteiger partial charge >= 0.3 is 0 Å². The molecule has 0 unspecified atom stereocenters. The Kier molecular flexibility index (Phi) is 10.0. The van der Waals surface area contributed by atoms with E-state index < -0.39 is 0 Å². The Balaban J connectivity index is 0.00000288. The summed E-state index contributed by atoms with van der Waals surface area (Å²) in [6.07, 6.45) is 3.26. The van der Waals surface area contributed by atoms with E-state index in [0.717, 1.165) is 24.6 Å². The van der Waals surface area contributed by atoms with Gasteiger partial charge in [0.15, 0.2) is 5.96 Å². The highest BCUT2D eigenvalue weighted by molar-refractivity contribution is 14.0. The van der Waals surface area contributed by atoms with Crippen molar-refractivity contribution in [2.45, 2.75) is 20.0 Å². The lowest BCUT2D eigenvalue weighted by Crippen LogP contribution is -2.38. The molecule has 2 rings (SSSR count). The summed E-state index contributed by atoms with van der Waals surface area (Å²) < 4.78 is 6.84. The first-order valence-electron chi connectivity index (χ1n) is 7.73. The summed E-state index contributed by atoms with van der Waals surface area (Å²) in [5.41, 5.74) is 2.34. The molecule has 0 saturated heterocycles. The average molecular weight is 444 g/mol. The number of halogens is 1. The van der Waals surface area contributed by atoms with Crippen LogP contribution in [0.1, 0.15) is 18.1 Å². The number of rotatable bonds is 8. The first-order chi connectivity index (χ1) is 11.3. The van der Waals surface area contributed by atoms with Crippen LogP contribution in [0.15, 0.2) is 41.9 Å². The SMILES string of the molecule is CCNC(=NCc1cccc(Cn2cncn2)c1)NCCOC.I. The molecule has 1 aromatic carbocycles. The number of aromatic nitrogens is 3. The van der Waals surface area contributed by atoms with E-state index in [-0.39, 0.29) is 24.0 Å². The van der Waals surface area contributed by atoms with E-state index in [0.29, 0.717) is 19.7 Å². The predicted molar refractivity (Wildman–Crippen MR) is 106 cm³/mol. The van der Waals surface area contributed by atoms with Crippen molar-refractivity contribution in [3.05, 3.63) is 48.0 Å². The van der Waals surface area contributed by atoms with E-state index in [4.69, 9.17) is 4.74 Å². The molecule has 8 heteroatoms. The Morgan fingerprint density at radius 1 is 1.29 bits per heavy atom. The van der Waals surface area contributed by atoms with Crippen LogP contribution in [0.3, 0.4) is 0 Å². The minimum Gasteiger partial charge on any atom is -0.383 e. The normalized spacial score (nSPS) is 11.0. The zero-order valence-electron chi connectivity index (χ0n) is 14.1. The molecule has 0 saturated carbocycles. The molecule has 2 aromatic rings. The minimum atomic E-state index is 0. The van der Waals surface area contributed by atoms with Gasteiger partial charge in [0.05, 0.1) is 19.7 Å². The van der Waals surface area contributed by atoms with Crippen molar-refractivity contribution in [3.63, 3.8) is 0 Å². The van der Waals surface area contributed by atoms with Crippen molar-refractivity contribution in [1.29, 1.82) is 0 Å². The van der Waals surface area contributed by atoms with Gasteiger partial charge in [-0.05, 0) is 18.1 Å².